The fourth-order valence-corrected chi connectivity index (χ4v) is 13.7. The summed E-state index contributed by atoms with van der Waals surface area (Å²) in [5, 5.41) is 9.06. The Morgan fingerprint density at radius 2 is 1.51 bits per heavy atom. The van der Waals surface area contributed by atoms with Crippen molar-refractivity contribution in [2.24, 2.45) is 5.41 Å². The van der Waals surface area contributed by atoms with Crippen LogP contribution in [0.5, 0.6) is 0 Å². The number of sulfonamides is 1. The molecule has 3 aliphatic heterocycles. The van der Waals surface area contributed by atoms with E-state index >= 15 is 0 Å². The number of piperidine rings is 1. The highest BCUT2D eigenvalue weighted by Crippen LogP contribution is 2.43. The second-order valence-electron chi connectivity index (χ2n) is 21.7. The number of alkyl halides is 3. The highest BCUT2D eigenvalue weighted by Gasteiger charge is 2.48. The number of halogens is 4. The third-order valence-electron chi connectivity index (χ3n) is 15.2. The Balaban J connectivity index is 0.819. The van der Waals surface area contributed by atoms with Crippen LogP contribution in [-0.2, 0) is 36.0 Å². The van der Waals surface area contributed by atoms with Gasteiger partial charge in [-0.2, -0.15) is 13.2 Å². The Morgan fingerprint density at radius 3 is 2.17 bits per heavy atom. The Hall–Kier alpha value is -6.08. The van der Waals surface area contributed by atoms with Gasteiger partial charge in [-0.1, -0.05) is 61.4 Å². The van der Waals surface area contributed by atoms with Crippen LogP contribution in [0.3, 0.4) is 0 Å². The second kappa shape index (κ2) is 25.6. The number of carbonyl (C=O) groups excluding carboxylic acids is 3. The van der Waals surface area contributed by atoms with Gasteiger partial charge in [0.25, 0.3) is 25.8 Å². The lowest BCUT2D eigenvalue weighted by atomic mass is 9.73. The fraction of sp³-hybridized carbons (Fsp3) is 0.421. The zero-order chi connectivity index (χ0) is 57.5. The summed E-state index contributed by atoms with van der Waals surface area (Å²) >= 11 is 7.64. The molecule has 1 unspecified atom stereocenters. The van der Waals surface area contributed by atoms with Crippen LogP contribution < -0.4 is 25.6 Å². The first-order valence-corrected chi connectivity index (χ1v) is 31.3. The number of imide groups is 1. The van der Waals surface area contributed by atoms with Crippen LogP contribution in [0.15, 0.2) is 130 Å². The number of carbonyl (C=O) groups is 3. The highest BCUT2D eigenvalue weighted by molar-refractivity contribution is 7.99. The summed E-state index contributed by atoms with van der Waals surface area (Å²) in [6, 6.07) is 25.0. The quantitative estimate of drug-likeness (QED) is 0.0427. The Morgan fingerprint density at radius 1 is 0.827 bits per heavy atom. The van der Waals surface area contributed by atoms with Crippen LogP contribution in [0, 0.1) is 5.41 Å². The Bertz CT molecular complexity index is 3310. The molecular formula is C57H66ClF3N10O7S3. The van der Waals surface area contributed by atoms with Crippen molar-refractivity contribution in [3.05, 3.63) is 137 Å². The number of amides is 3. The van der Waals surface area contributed by atoms with Gasteiger partial charge in [-0.25, -0.2) is 26.5 Å². The predicted molar refractivity (Wildman–Crippen MR) is 308 cm³/mol. The maximum Gasteiger partial charge on any atom is 0.501 e. The lowest BCUT2D eigenvalue weighted by molar-refractivity contribution is -0.133. The molecule has 17 nitrogen and oxygen atoms in total. The van der Waals surface area contributed by atoms with Gasteiger partial charge in [0.1, 0.15) is 16.8 Å². The molecular weight excluding hydrogens is 1130 g/mol. The van der Waals surface area contributed by atoms with Crippen LogP contribution >= 0.6 is 23.4 Å². The third kappa shape index (κ3) is 15.5. The zero-order valence-electron chi connectivity index (χ0n) is 45.1. The first-order chi connectivity index (χ1) is 38.6. The number of allylic oxidation sites excluding steroid dienone is 1. The standard InChI is InChI=1S/C57H66ClF3N10O7S3/c1-56(2)22-20-48(39-8-12-42(58)13-9-39)41(33-56)36-69-28-30-71(31-29-69)45-14-10-40(11-15-45)54(73)67-81(77,78)47-16-17-49(51(32-47)80(75,76)57(59,60)61)64-43(38-79-46-6-4-3-5-7-46)21-23-68-24-26-70(27-25-68)37-44-34-63-52(35-62-44)65-50-18-19-53(72)66-55(50)74/h3-17,32,34-35,43,50,64H,18-31,33,36-38H2,1-2H3,(H,63,65)(H,67,73)(H,66,72,74)/t43-,50?/m1/s1. The molecule has 0 bridgehead atoms. The predicted octanol–water partition coefficient (Wildman–Crippen LogP) is 8.33. The molecule has 4 heterocycles. The van der Waals surface area contributed by atoms with E-state index in [1.807, 2.05) is 47.2 Å². The first-order valence-electron chi connectivity index (χ1n) is 26.9. The molecule has 3 amide bonds. The van der Waals surface area contributed by atoms with Crippen molar-refractivity contribution in [1.29, 1.82) is 0 Å². The Kier molecular flexibility index (Phi) is 18.8. The molecule has 0 radical (unpaired) electrons. The van der Waals surface area contributed by atoms with E-state index < -0.39 is 64.7 Å². The van der Waals surface area contributed by atoms with Gasteiger partial charge in [-0.15, -0.1) is 11.8 Å². The summed E-state index contributed by atoms with van der Waals surface area (Å²) < 4.78 is 99.4. The molecule has 81 heavy (non-hydrogen) atoms. The summed E-state index contributed by atoms with van der Waals surface area (Å²) in [5.41, 5.74) is -0.467. The van der Waals surface area contributed by atoms with Crippen LogP contribution in [0.1, 0.15) is 74.0 Å². The molecule has 9 rings (SSSR count). The normalized spacial score (nSPS) is 19.2. The summed E-state index contributed by atoms with van der Waals surface area (Å²) in [6.45, 7) is 12.2. The number of rotatable bonds is 20. The van der Waals surface area contributed by atoms with E-state index in [0.29, 0.717) is 80.5 Å². The van der Waals surface area contributed by atoms with Gasteiger partial charge in [-0.05, 0) is 115 Å². The van der Waals surface area contributed by atoms with Crippen molar-refractivity contribution in [3.63, 3.8) is 0 Å². The largest absolute Gasteiger partial charge is 0.501 e. The average molecular weight is 1190 g/mol. The number of thioether (sulfide) groups is 1. The van der Waals surface area contributed by atoms with Crippen molar-refractivity contribution < 1.29 is 44.4 Å². The molecule has 1 aromatic heterocycles. The number of benzene rings is 4. The number of nitrogens with one attached hydrogen (secondary N) is 4. The number of anilines is 3. The summed E-state index contributed by atoms with van der Waals surface area (Å²) in [7, 11) is -11.0. The molecule has 4 aliphatic rings. The molecule has 24 heteroatoms. The maximum atomic E-state index is 14.5. The number of sulfone groups is 1. The number of hydrogen-bond donors (Lipinski definition) is 4. The van der Waals surface area contributed by atoms with Crippen LogP contribution in [0.4, 0.5) is 30.4 Å². The molecule has 3 saturated heterocycles. The number of aromatic nitrogens is 2. The Labute approximate surface area is 480 Å². The lowest BCUT2D eigenvalue weighted by Crippen LogP contribution is -2.47. The molecule has 0 saturated carbocycles. The van der Waals surface area contributed by atoms with Gasteiger partial charge >= 0.3 is 5.51 Å². The lowest BCUT2D eigenvalue weighted by Gasteiger charge is -2.39. The van der Waals surface area contributed by atoms with E-state index in [9.17, 15) is 44.4 Å². The molecule has 2 atom stereocenters. The van der Waals surface area contributed by atoms with Crippen LogP contribution in [0.25, 0.3) is 5.57 Å². The van der Waals surface area contributed by atoms with Gasteiger partial charge in [-0.3, -0.25) is 34.5 Å². The van der Waals surface area contributed by atoms with Crippen molar-refractivity contribution >= 4 is 83.7 Å². The smallest absolute Gasteiger partial charge is 0.380 e. The first kappa shape index (κ1) is 59.5. The van der Waals surface area contributed by atoms with Gasteiger partial charge in [0.05, 0.1) is 28.7 Å². The van der Waals surface area contributed by atoms with Crippen LogP contribution in [0.2, 0.25) is 5.02 Å². The highest BCUT2D eigenvalue weighted by atomic mass is 35.5. The van der Waals surface area contributed by atoms with E-state index in [0.717, 1.165) is 74.7 Å². The topological polar surface area (TPSA) is 206 Å². The molecule has 432 valence electrons. The monoisotopic (exact) mass is 1190 g/mol. The summed E-state index contributed by atoms with van der Waals surface area (Å²) in [5.74, 6) is -1.03. The van der Waals surface area contributed by atoms with Crippen molar-refractivity contribution in [1.82, 2.24) is 34.7 Å². The van der Waals surface area contributed by atoms with E-state index in [2.05, 4.69) is 71.5 Å². The molecule has 3 fully saturated rings. The number of nitrogens with zero attached hydrogens (tertiary/aromatic N) is 6. The van der Waals surface area contributed by atoms with E-state index in [1.54, 1.807) is 24.5 Å². The minimum Gasteiger partial charge on any atom is -0.380 e. The van der Waals surface area contributed by atoms with Crippen molar-refractivity contribution in [2.75, 3.05) is 86.7 Å². The molecule has 4 N–H and O–H groups in total. The molecule has 5 aromatic rings. The minimum absolute atomic E-state index is 0.0219. The van der Waals surface area contributed by atoms with Gasteiger partial charge in [0, 0.05) is 111 Å². The summed E-state index contributed by atoms with van der Waals surface area (Å²) in [4.78, 5) is 53.9. The third-order valence-corrected chi connectivity index (χ3v) is 19.5. The van der Waals surface area contributed by atoms with Crippen LogP contribution in [-0.4, -0.2) is 148 Å². The number of hydrogen-bond acceptors (Lipinski definition) is 16. The second-order valence-corrected chi connectivity index (χ2v) is 26.8. The van der Waals surface area contributed by atoms with E-state index in [1.165, 1.54) is 40.6 Å². The SMILES string of the molecule is CC1(C)CCC(c2ccc(Cl)cc2)=C(CN2CCN(c3ccc(C(=O)NS(=O)(=O)c4ccc(N[C@H](CCN5CCN(Cc6cnc(NC7CCC(=O)NC7=O)cn6)CC5)CSc5ccccc5)c(S(=O)(=O)C(F)(F)F)c4)cc3)CC2)C1. The van der Waals surface area contributed by atoms with Crippen molar-refractivity contribution in [3.8, 4) is 0 Å². The zero-order valence-corrected chi connectivity index (χ0v) is 48.3. The molecule has 1 aliphatic carbocycles. The van der Waals surface area contributed by atoms with E-state index in [4.69, 9.17) is 11.6 Å². The van der Waals surface area contributed by atoms with Gasteiger partial charge in [0.2, 0.25) is 11.8 Å². The van der Waals surface area contributed by atoms with Gasteiger partial charge < -0.3 is 20.4 Å². The average Bonchev–Trinajstić information content (AvgIpc) is 3.60. The molecule has 4 aromatic carbocycles. The minimum atomic E-state index is -6.13. The van der Waals surface area contributed by atoms with E-state index in [-0.39, 0.29) is 23.3 Å². The van der Waals surface area contributed by atoms with Crippen molar-refractivity contribution in [2.45, 2.75) is 91.2 Å². The summed E-state index contributed by atoms with van der Waals surface area (Å²) in [6.07, 6.45) is 7.26. The molecule has 0 spiro atoms. The maximum absolute atomic E-state index is 14.5. The van der Waals surface area contributed by atoms with Gasteiger partial charge in [0.15, 0.2) is 0 Å². The number of piperazine rings is 2. The fourth-order valence-electron chi connectivity index (χ4n) is 10.6.